The minimum atomic E-state index is -0.469. The molecule has 1 aliphatic carbocycles. The fraction of sp³-hybridized carbons (Fsp3) is 0.600. The van der Waals surface area contributed by atoms with E-state index in [4.69, 9.17) is 9.74 Å². The molecule has 0 aliphatic heterocycles. The number of nitro groups is 1. The number of aromatic nitrogens is 2. The first kappa shape index (κ1) is 17.0. The van der Waals surface area contributed by atoms with Gasteiger partial charge >= 0.3 is 5.69 Å². The Hall–Kier alpha value is -1.87. The lowest BCUT2D eigenvalue weighted by atomic mass is 10.0. The molecule has 0 radical (unpaired) electrons. The monoisotopic (exact) mass is 352 g/mol. The van der Waals surface area contributed by atoms with Gasteiger partial charge in [-0.25, -0.2) is 4.63 Å². The van der Waals surface area contributed by atoms with Crippen LogP contribution in [0.3, 0.4) is 0 Å². The van der Waals surface area contributed by atoms with Gasteiger partial charge in [-0.1, -0.05) is 19.3 Å². The Bertz CT molecular complexity index is 715. The van der Waals surface area contributed by atoms with Gasteiger partial charge < -0.3 is 10.4 Å². The molecular formula is C15H20N4O4S. The number of aliphatic hydroxyl groups is 1. The number of fused-ring (bicyclic) bond motifs is 1. The molecule has 9 heteroatoms. The van der Waals surface area contributed by atoms with E-state index in [1.807, 2.05) is 0 Å². The van der Waals surface area contributed by atoms with E-state index in [2.05, 4.69) is 15.6 Å². The molecule has 1 aromatic heterocycles. The minimum absolute atomic E-state index is 0.0260. The molecule has 130 valence electrons. The van der Waals surface area contributed by atoms with Crippen molar-refractivity contribution in [3.63, 3.8) is 0 Å². The maximum atomic E-state index is 11.5. The number of anilines is 1. The lowest BCUT2D eigenvalue weighted by molar-refractivity contribution is -0.382. The molecule has 24 heavy (non-hydrogen) atoms. The molecule has 1 saturated carbocycles. The van der Waals surface area contributed by atoms with E-state index in [9.17, 15) is 10.1 Å². The van der Waals surface area contributed by atoms with Gasteiger partial charge in [0.1, 0.15) is 5.69 Å². The smallest absolute Gasteiger partial charge is 0.323 e. The van der Waals surface area contributed by atoms with Gasteiger partial charge in [0.15, 0.2) is 5.52 Å². The summed E-state index contributed by atoms with van der Waals surface area (Å²) in [6.45, 7) is 0.472. The molecule has 1 fully saturated rings. The molecule has 0 unspecified atom stereocenters. The molecule has 2 aromatic rings. The Labute approximate surface area is 143 Å². The number of nitro benzene ring substituents is 1. The summed E-state index contributed by atoms with van der Waals surface area (Å²) >= 11 is 1.70. The predicted octanol–water partition coefficient (Wildman–Crippen LogP) is 3.35. The van der Waals surface area contributed by atoms with E-state index in [1.165, 1.54) is 19.3 Å². The second-order valence-corrected chi connectivity index (χ2v) is 7.21. The number of thioether (sulfide) groups is 1. The van der Waals surface area contributed by atoms with Crippen LogP contribution in [0.15, 0.2) is 15.6 Å². The topological polar surface area (TPSA) is 114 Å². The Morgan fingerprint density at radius 3 is 2.79 bits per heavy atom. The summed E-state index contributed by atoms with van der Waals surface area (Å²) in [6, 6.07) is 1.77. The normalized spacial score (nSPS) is 15.7. The molecule has 0 bridgehead atoms. The average molecular weight is 352 g/mol. The lowest BCUT2D eigenvalue weighted by Gasteiger charge is -2.21. The van der Waals surface area contributed by atoms with Crippen molar-refractivity contribution < 1.29 is 14.7 Å². The Morgan fingerprint density at radius 1 is 1.33 bits per heavy atom. The van der Waals surface area contributed by atoms with Crippen LogP contribution in [0.25, 0.3) is 11.0 Å². The maximum Gasteiger partial charge on any atom is 0.323 e. The van der Waals surface area contributed by atoms with Crippen LogP contribution in [0.1, 0.15) is 38.5 Å². The molecule has 1 aromatic carbocycles. The van der Waals surface area contributed by atoms with E-state index >= 15 is 0 Å². The van der Waals surface area contributed by atoms with Crippen LogP contribution in [-0.4, -0.2) is 38.7 Å². The SMILES string of the molecule is O=[N+]([O-])c1c(NCCCO)cc(SC2CCCCC2)c2nonc12. The van der Waals surface area contributed by atoms with Crippen molar-refractivity contribution >= 4 is 34.2 Å². The molecule has 0 atom stereocenters. The zero-order valence-electron chi connectivity index (χ0n) is 13.2. The number of benzene rings is 1. The summed E-state index contributed by atoms with van der Waals surface area (Å²) in [5.41, 5.74) is 0.893. The van der Waals surface area contributed by atoms with Crippen LogP contribution >= 0.6 is 11.8 Å². The van der Waals surface area contributed by atoms with Crippen molar-refractivity contribution in [2.24, 2.45) is 0 Å². The van der Waals surface area contributed by atoms with Gasteiger partial charge in [-0.2, -0.15) is 0 Å². The summed E-state index contributed by atoms with van der Waals surface area (Å²) in [7, 11) is 0. The molecule has 1 aliphatic rings. The first-order valence-electron chi connectivity index (χ1n) is 8.15. The molecular weight excluding hydrogens is 332 g/mol. The van der Waals surface area contributed by atoms with Crippen LogP contribution in [0.4, 0.5) is 11.4 Å². The third-order valence-electron chi connectivity index (χ3n) is 4.16. The quantitative estimate of drug-likeness (QED) is 0.443. The highest BCUT2D eigenvalue weighted by molar-refractivity contribution is 8.00. The largest absolute Gasteiger partial charge is 0.396 e. The number of rotatable bonds is 7. The molecule has 0 spiro atoms. The summed E-state index contributed by atoms with van der Waals surface area (Å²) in [5.74, 6) is 0. The second-order valence-electron chi connectivity index (χ2n) is 5.87. The summed E-state index contributed by atoms with van der Waals surface area (Å²) in [5, 5.41) is 31.5. The maximum absolute atomic E-state index is 11.5. The molecule has 0 amide bonds. The average Bonchev–Trinajstić information content (AvgIpc) is 3.05. The first-order valence-corrected chi connectivity index (χ1v) is 9.03. The highest BCUT2D eigenvalue weighted by atomic mass is 32.2. The molecule has 8 nitrogen and oxygen atoms in total. The number of nitrogens with zero attached hydrogens (tertiary/aromatic N) is 3. The number of aliphatic hydroxyl groups excluding tert-OH is 1. The van der Waals surface area contributed by atoms with Gasteiger partial charge in [0.2, 0.25) is 5.52 Å². The van der Waals surface area contributed by atoms with Crippen LogP contribution in [-0.2, 0) is 0 Å². The van der Waals surface area contributed by atoms with Crippen LogP contribution in [0, 0.1) is 10.1 Å². The van der Waals surface area contributed by atoms with E-state index in [-0.39, 0.29) is 17.8 Å². The fourth-order valence-electron chi connectivity index (χ4n) is 2.98. The van der Waals surface area contributed by atoms with E-state index in [0.29, 0.717) is 29.4 Å². The van der Waals surface area contributed by atoms with Crippen LogP contribution in [0.2, 0.25) is 0 Å². The standard InChI is InChI=1S/C15H20N4O4S/c20-8-4-7-16-11-9-12(24-10-5-2-1-3-6-10)13-14(18-23-17-13)15(11)19(21)22/h9-10,16,20H,1-8H2. The van der Waals surface area contributed by atoms with Crippen LogP contribution in [0.5, 0.6) is 0 Å². The lowest BCUT2D eigenvalue weighted by Crippen LogP contribution is -2.09. The summed E-state index contributed by atoms with van der Waals surface area (Å²) < 4.78 is 4.78. The zero-order chi connectivity index (χ0) is 16.9. The minimum Gasteiger partial charge on any atom is -0.396 e. The molecule has 1 heterocycles. The van der Waals surface area contributed by atoms with Gasteiger partial charge in [-0.05, 0) is 35.6 Å². The van der Waals surface area contributed by atoms with E-state index < -0.39 is 4.92 Å². The highest BCUT2D eigenvalue weighted by Crippen LogP contribution is 2.42. The highest BCUT2D eigenvalue weighted by Gasteiger charge is 2.27. The third kappa shape index (κ3) is 3.62. The first-order chi connectivity index (χ1) is 11.7. The predicted molar refractivity (Wildman–Crippen MR) is 91.4 cm³/mol. The number of hydrogen-bond donors (Lipinski definition) is 2. The summed E-state index contributed by atoms with van der Waals surface area (Å²) in [4.78, 5) is 11.9. The van der Waals surface area contributed by atoms with Crippen molar-refractivity contribution in [3.8, 4) is 0 Å². The third-order valence-corrected chi connectivity index (χ3v) is 5.53. The number of hydrogen-bond acceptors (Lipinski definition) is 8. The fourth-order valence-corrected chi connectivity index (χ4v) is 4.33. The van der Waals surface area contributed by atoms with Gasteiger partial charge in [0.25, 0.3) is 0 Å². The Balaban J connectivity index is 1.96. The van der Waals surface area contributed by atoms with Crippen molar-refractivity contribution in [1.29, 1.82) is 0 Å². The second kappa shape index (κ2) is 7.80. The Kier molecular flexibility index (Phi) is 5.52. The van der Waals surface area contributed by atoms with Crippen molar-refractivity contribution in [2.45, 2.75) is 48.7 Å². The number of nitrogens with one attached hydrogen (secondary N) is 1. The molecule has 2 N–H and O–H groups in total. The molecule has 3 rings (SSSR count). The van der Waals surface area contributed by atoms with E-state index in [1.54, 1.807) is 17.8 Å². The summed E-state index contributed by atoms with van der Waals surface area (Å²) in [6.07, 6.45) is 6.49. The van der Waals surface area contributed by atoms with Crippen molar-refractivity contribution in [3.05, 3.63) is 16.2 Å². The van der Waals surface area contributed by atoms with Gasteiger partial charge in [-0.15, -0.1) is 11.8 Å². The zero-order valence-corrected chi connectivity index (χ0v) is 14.0. The van der Waals surface area contributed by atoms with Crippen molar-refractivity contribution in [2.75, 3.05) is 18.5 Å². The van der Waals surface area contributed by atoms with Gasteiger partial charge in [0.05, 0.1) is 4.92 Å². The van der Waals surface area contributed by atoms with Crippen LogP contribution < -0.4 is 5.32 Å². The molecule has 0 saturated heterocycles. The van der Waals surface area contributed by atoms with Crippen molar-refractivity contribution in [1.82, 2.24) is 10.3 Å². The Morgan fingerprint density at radius 2 is 2.08 bits per heavy atom. The van der Waals surface area contributed by atoms with Gasteiger partial charge in [0, 0.05) is 23.3 Å². The van der Waals surface area contributed by atoms with E-state index in [0.717, 1.165) is 17.7 Å². The van der Waals surface area contributed by atoms with Gasteiger partial charge in [-0.3, -0.25) is 10.1 Å².